The van der Waals surface area contributed by atoms with Gasteiger partial charge in [-0.25, -0.2) is 4.98 Å². The lowest BCUT2D eigenvalue weighted by molar-refractivity contribution is -0.137. The number of hydrogen-bond donors (Lipinski definition) is 1. The van der Waals surface area contributed by atoms with E-state index in [2.05, 4.69) is 15.3 Å². The number of thiophene rings is 1. The number of rotatable bonds is 5. The molecule has 0 saturated heterocycles. The molecule has 1 aliphatic carbocycles. The van der Waals surface area contributed by atoms with Crippen molar-refractivity contribution >= 4 is 21.6 Å². The van der Waals surface area contributed by atoms with Gasteiger partial charge in [0.15, 0.2) is 0 Å². The molecule has 1 atom stereocenters. The third-order valence-corrected chi connectivity index (χ3v) is 7.13. The van der Waals surface area contributed by atoms with Crippen LogP contribution in [0.3, 0.4) is 0 Å². The highest BCUT2D eigenvalue weighted by Crippen LogP contribution is 2.34. The number of halogens is 3. The number of nitrogens with one attached hydrogen (secondary N) is 1. The first-order chi connectivity index (χ1) is 15.9. The maximum Gasteiger partial charge on any atom is 0.416 e. The molecule has 1 aromatic carbocycles. The van der Waals surface area contributed by atoms with Crippen LogP contribution in [0.15, 0.2) is 59.8 Å². The van der Waals surface area contributed by atoms with Crippen LogP contribution in [0.4, 0.5) is 13.2 Å². The van der Waals surface area contributed by atoms with E-state index in [1.54, 1.807) is 28.4 Å². The summed E-state index contributed by atoms with van der Waals surface area (Å²) in [7, 11) is 0. The van der Waals surface area contributed by atoms with E-state index < -0.39 is 11.7 Å². The van der Waals surface area contributed by atoms with E-state index in [0.29, 0.717) is 18.5 Å². The summed E-state index contributed by atoms with van der Waals surface area (Å²) < 4.78 is 39.8. The number of pyridine rings is 1. The molecule has 0 radical (unpaired) electrons. The zero-order valence-corrected chi connectivity index (χ0v) is 18.4. The second kappa shape index (κ2) is 8.72. The Kier molecular flexibility index (Phi) is 5.76. The molecule has 5 rings (SSSR count). The molecule has 0 spiro atoms. The number of nitrogens with zero attached hydrogens (tertiary/aromatic N) is 3. The number of alkyl halides is 3. The Morgan fingerprint density at radius 1 is 1.12 bits per heavy atom. The fourth-order valence-corrected chi connectivity index (χ4v) is 5.49. The van der Waals surface area contributed by atoms with E-state index >= 15 is 0 Å². The maximum atomic E-state index is 13.2. The summed E-state index contributed by atoms with van der Waals surface area (Å²) in [5.74, 6) is 0. The van der Waals surface area contributed by atoms with Crippen molar-refractivity contribution < 1.29 is 13.2 Å². The van der Waals surface area contributed by atoms with Crippen LogP contribution in [0.5, 0.6) is 0 Å². The Morgan fingerprint density at radius 3 is 2.67 bits per heavy atom. The Hall–Kier alpha value is -3.04. The molecule has 9 heteroatoms. The summed E-state index contributed by atoms with van der Waals surface area (Å²) in [6.07, 6.45) is 1.37. The van der Waals surface area contributed by atoms with Crippen LogP contribution in [0.25, 0.3) is 10.2 Å². The van der Waals surface area contributed by atoms with Gasteiger partial charge >= 0.3 is 6.18 Å². The number of hydrogen-bond acceptors (Lipinski definition) is 5. The molecule has 1 unspecified atom stereocenters. The van der Waals surface area contributed by atoms with E-state index in [9.17, 15) is 18.0 Å². The van der Waals surface area contributed by atoms with Crippen molar-refractivity contribution in [3.63, 3.8) is 0 Å². The van der Waals surface area contributed by atoms with E-state index in [1.165, 1.54) is 12.1 Å². The van der Waals surface area contributed by atoms with E-state index in [4.69, 9.17) is 0 Å². The molecule has 1 aliphatic rings. The number of fused-ring (bicyclic) bond motifs is 3. The largest absolute Gasteiger partial charge is 0.416 e. The molecule has 0 aliphatic heterocycles. The van der Waals surface area contributed by atoms with Crippen molar-refractivity contribution in [1.82, 2.24) is 19.9 Å². The second-order valence-corrected chi connectivity index (χ2v) is 9.28. The molecule has 170 valence electrons. The minimum absolute atomic E-state index is 0.0423. The minimum atomic E-state index is -4.32. The van der Waals surface area contributed by atoms with Crippen molar-refractivity contribution in [1.29, 1.82) is 0 Å². The van der Waals surface area contributed by atoms with Crippen molar-refractivity contribution in [3.05, 3.63) is 92.6 Å². The van der Waals surface area contributed by atoms with Crippen LogP contribution < -0.4 is 10.9 Å². The van der Waals surface area contributed by atoms with Crippen LogP contribution in [0, 0.1) is 0 Å². The number of benzene rings is 1. The summed E-state index contributed by atoms with van der Waals surface area (Å²) in [4.78, 5) is 23.9. The fourth-order valence-electron chi connectivity index (χ4n) is 4.23. The van der Waals surface area contributed by atoms with E-state index in [0.717, 1.165) is 57.9 Å². The normalized spacial score (nSPS) is 16.2. The number of aryl methyl sites for hydroxylation is 1. The van der Waals surface area contributed by atoms with Crippen LogP contribution >= 0.6 is 11.3 Å². The first kappa shape index (κ1) is 21.8. The molecule has 0 fully saturated rings. The monoisotopic (exact) mass is 470 g/mol. The SMILES string of the molecule is O=c1c2c3c(sc2ncn1Cc1ccccn1)CC(NCc1ccc(C(F)(F)F)cc1)CC3. The highest BCUT2D eigenvalue weighted by molar-refractivity contribution is 7.18. The van der Waals surface area contributed by atoms with Gasteiger partial charge in [-0.05, 0) is 54.7 Å². The lowest BCUT2D eigenvalue weighted by Gasteiger charge is -2.23. The standard InChI is InChI=1S/C24H21F3N4OS/c25-24(26,27)16-6-4-15(5-7-16)12-29-17-8-9-19-20(11-17)33-22-21(19)23(32)31(14-30-22)13-18-3-1-2-10-28-18/h1-7,10,14,17,29H,8-9,11-13H2. The van der Waals surface area contributed by atoms with Crippen molar-refractivity contribution in [3.8, 4) is 0 Å². The van der Waals surface area contributed by atoms with Gasteiger partial charge in [0.25, 0.3) is 5.56 Å². The van der Waals surface area contributed by atoms with Crippen LogP contribution in [-0.4, -0.2) is 20.6 Å². The van der Waals surface area contributed by atoms with Crippen molar-refractivity contribution in [2.45, 2.75) is 44.6 Å². The molecular weight excluding hydrogens is 449 g/mol. The van der Waals surface area contributed by atoms with Crippen molar-refractivity contribution in [2.75, 3.05) is 0 Å². The third-order valence-electron chi connectivity index (χ3n) is 5.97. The van der Waals surface area contributed by atoms with E-state index in [1.807, 2.05) is 18.2 Å². The fraction of sp³-hybridized carbons (Fsp3) is 0.292. The molecule has 3 aromatic heterocycles. The molecule has 0 saturated carbocycles. The van der Waals surface area contributed by atoms with Crippen molar-refractivity contribution in [2.24, 2.45) is 0 Å². The van der Waals surface area contributed by atoms with Gasteiger partial charge in [0.1, 0.15) is 4.83 Å². The minimum Gasteiger partial charge on any atom is -0.310 e. The molecule has 0 bridgehead atoms. The van der Waals surface area contributed by atoms with Gasteiger partial charge in [-0.15, -0.1) is 11.3 Å². The predicted octanol–water partition coefficient (Wildman–Crippen LogP) is 4.57. The molecule has 0 amide bonds. The molecule has 3 heterocycles. The summed E-state index contributed by atoms with van der Waals surface area (Å²) in [6.45, 7) is 0.878. The molecule has 1 N–H and O–H groups in total. The van der Waals surface area contributed by atoms with Gasteiger partial charge < -0.3 is 5.32 Å². The maximum absolute atomic E-state index is 13.2. The van der Waals surface area contributed by atoms with Crippen LogP contribution in [0.1, 0.15) is 33.7 Å². The number of aromatic nitrogens is 3. The molecule has 4 aromatic rings. The topological polar surface area (TPSA) is 59.8 Å². The zero-order valence-electron chi connectivity index (χ0n) is 17.6. The average Bonchev–Trinajstić information content (AvgIpc) is 3.18. The average molecular weight is 471 g/mol. The lowest BCUT2D eigenvalue weighted by atomic mass is 9.93. The second-order valence-electron chi connectivity index (χ2n) is 8.20. The summed E-state index contributed by atoms with van der Waals surface area (Å²) in [5.41, 5.74) is 2.01. The Bertz CT molecular complexity index is 1330. The quantitative estimate of drug-likeness (QED) is 0.464. The van der Waals surface area contributed by atoms with Gasteiger partial charge in [-0.1, -0.05) is 18.2 Å². The first-order valence-corrected chi connectivity index (χ1v) is 11.5. The van der Waals surface area contributed by atoms with E-state index in [-0.39, 0.29) is 11.6 Å². The van der Waals surface area contributed by atoms with Gasteiger partial charge in [-0.3, -0.25) is 14.3 Å². The molecular formula is C24H21F3N4OS. The summed E-state index contributed by atoms with van der Waals surface area (Å²) in [6, 6.07) is 11.1. The highest BCUT2D eigenvalue weighted by atomic mass is 32.1. The van der Waals surface area contributed by atoms with Gasteiger partial charge in [0, 0.05) is 23.7 Å². The lowest BCUT2D eigenvalue weighted by Crippen LogP contribution is -2.33. The van der Waals surface area contributed by atoms with Gasteiger partial charge in [0.05, 0.1) is 29.5 Å². The smallest absolute Gasteiger partial charge is 0.310 e. The van der Waals surface area contributed by atoms with Gasteiger partial charge in [-0.2, -0.15) is 13.2 Å². The zero-order chi connectivity index (χ0) is 23.0. The molecule has 33 heavy (non-hydrogen) atoms. The molecule has 5 nitrogen and oxygen atoms in total. The first-order valence-electron chi connectivity index (χ1n) is 10.7. The van der Waals surface area contributed by atoms with Crippen LogP contribution in [-0.2, 0) is 32.1 Å². The highest BCUT2D eigenvalue weighted by Gasteiger charge is 2.30. The Labute approximate surface area is 191 Å². The van der Waals surface area contributed by atoms with Gasteiger partial charge in [0.2, 0.25) is 0 Å². The summed E-state index contributed by atoms with van der Waals surface area (Å²) in [5, 5.41) is 4.16. The third kappa shape index (κ3) is 4.56. The van der Waals surface area contributed by atoms with Crippen LogP contribution in [0.2, 0.25) is 0 Å². The Balaban J connectivity index is 1.30. The summed E-state index contributed by atoms with van der Waals surface area (Å²) >= 11 is 1.55. The Morgan fingerprint density at radius 2 is 1.94 bits per heavy atom. The predicted molar refractivity (Wildman–Crippen MR) is 121 cm³/mol.